The molecule has 0 atom stereocenters. The van der Waals surface area contributed by atoms with E-state index in [0.29, 0.717) is 16.8 Å². The Labute approximate surface area is 198 Å². The summed E-state index contributed by atoms with van der Waals surface area (Å²) in [7, 11) is 1.86. The molecule has 4 heteroatoms. The SMILES string of the molecule is [C-]#[N+]c1ccc2c(oc3c(-c4cc(C(C)(C)C)c(F)c[n+]4C)c(C)ccc32)c1-c1ccccc1. The van der Waals surface area contributed by atoms with Crippen LogP contribution in [0.4, 0.5) is 10.1 Å². The molecule has 0 amide bonds. The van der Waals surface area contributed by atoms with Crippen LogP contribution < -0.4 is 4.57 Å². The molecule has 0 aliphatic heterocycles. The van der Waals surface area contributed by atoms with Gasteiger partial charge in [0.2, 0.25) is 11.9 Å². The lowest BCUT2D eigenvalue weighted by molar-refractivity contribution is -0.662. The van der Waals surface area contributed by atoms with E-state index in [0.717, 1.165) is 44.3 Å². The molecule has 3 aromatic carbocycles. The molecule has 0 unspecified atom stereocenters. The largest absolute Gasteiger partial charge is 0.456 e. The average molecular weight is 450 g/mol. The number of hydrogen-bond acceptors (Lipinski definition) is 1. The van der Waals surface area contributed by atoms with Crippen LogP contribution in [0.25, 0.3) is 49.2 Å². The second kappa shape index (κ2) is 7.81. The first-order chi connectivity index (χ1) is 16.2. The highest BCUT2D eigenvalue weighted by atomic mass is 19.1. The zero-order chi connectivity index (χ0) is 24.2. The van der Waals surface area contributed by atoms with Gasteiger partial charge in [-0.2, -0.15) is 4.57 Å². The number of rotatable bonds is 2. The summed E-state index contributed by atoms with van der Waals surface area (Å²) < 4.78 is 23.3. The van der Waals surface area contributed by atoms with Crippen LogP contribution in [0.3, 0.4) is 0 Å². The molecule has 2 heterocycles. The first-order valence-corrected chi connectivity index (χ1v) is 11.3. The Morgan fingerprint density at radius 1 is 0.912 bits per heavy atom. The lowest BCUT2D eigenvalue weighted by atomic mass is 9.86. The highest BCUT2D eigenvalue weighted by Gasteiger charge is 2.28. The quantitative estimate of drug-likeness (QED) is 0.197. The topological polar surface area (TPSA) is 21.4 Å². The Bertz CT molecular complexity index is 1620. The van der Waals surface area contributed by atoms with Gasteiger partial charge in [-0.1, -0.05) is 75.4 Å². The van der Waals surface area contributed by atoms with Crippen molar-refractivity contribution in [1.29, 1.82) is 0 Å². The van der Waals surface area contributed by atoms with Crippen molar-refractivity contribution in [3.63, 3.8) is 0 Å². The van der Waals surface area contributed by atoms with Crippen molar-refractivity contribution < 1.29 is 13.4 Å². The van der Waals surface area contributed by atoms with Crippen LogP contribution in [0.1, 0.15) is 31.9 Å². The number of fused-ring (bicyclic) bond motifs is 3. The molecule has 5 rings (SSSR count). The maximum Gasteiger partial charge on any atom is 0.216 e. The summed E-state index contributed by atoms with van der Waals surface area (Å²) in [6, 6.07) is 19.8. The summed E-state index contributed by atoms with van der Waals surface area (Å²) in [5, 5.41) is 1.94. The first kappa shape index (κ1) is 21.9. The van der Waals surface area contributed by atoms with E-state index in [1.807, 2.05) is 87.8 Å². The summed E-state index contributed by atoms with van der Waals surface area (Å²) in [4.78, 5) is 3.77. The van der Waals surface area contributed by atoms with Crippen LogP contribution in [-0.4, -0.2) is 0 Å². The van der Waals surface area contributed by atoms with Crippen molar-refractivity contribution in [2.24, 2.45) is 7.05 Å². The van der Waals surface area contributed by atoms with Crippen molar-refractivity contribution in [1.82, 2.24) is 0 Å². The summed E-state index contributed by atoms with van der Waals surface area (Å²) in [5.74, 6) is -0.221. The van der Waals surface area contributed by atoms with Crippen molar-refractivity contribution in [3.8, 4) is 22.4 Å². The zero-order valence-corrected chi connectivity index (χ0v) is 20.0. The van der Waals surface area contributed by atoms with E-state index in [1.54, 1.807) is 6.20 Å². The van der Waals surface area contributed by atoms with Crippen LogP contribution in [-0.2, 0) is 12.5 Å². The summed E-state index contributed by atoms with van der Waals surface area (Å²) in [6.07, 6.45) is 1.54. The highest BCUT2D eigenvalue weighted by molar-refractivity contribution is 6.15. The van der Waals surface area contributed by atoms with Gasteiger partial charge in [0.15, 0.2) is 11.5 Å². The zero-order valence-electron chi connectivity index (χ0n) is 20.0. The smallest absolute Gasteiger partial charge is 0.216 e. The molecule has 0 aliphatic carbocycles. The van der Waals surface area contributed by atoms with Gasteiger partial charge in [0.25, 0.3) is 0 Å². The molecule has 0 radical (unpaired) electrons. The monoisotopic (exact) mass is 449 g/mol. The van der Waals surface area contributed by atoms with E-state index in [-0.39, 0.29) is 11.2 Å². The number of nitrogens with zero attached hydrogens (tertiary/aromatic N) is 2. The number of hydrogen-bond donors (Lipinski definition) is 0. The fraction of sp³-hybridized carbons (Fsp3) is 0.200. The van der Waals surface area contributed by atoms with Gasteiger partial charge in [0.1, 0.15) is 18.2 Å². The van der Waals surface area contributed by atoms with Crippen LogP contribution in [0.15, 0.2) is 71.3 Å². The maximum atomic E-state index is 14.9. The molecule has 0 saturated carbocycles. The molecule has 0 bridgehead atoms. The standard InChI is InChI=1S/C30H26FN2O/c1-18-12-13-20-21-14-15-24(32-5)27(19-10-8-7-9-11-19)29(21)34-28(20)26(18)25-16-22(30(2,3)4)23(31)17-33(25)6/h7-17H,1-4,6H3/q+1. The summed E-state index contributed by atoms with van der Waals surface area (Å²) >= 11 is 0. The van der Waals surface area contributed by atoms with Crippen LogP contribution >= 0.6 is 0 Å². The summed E-state index contributed by atoms with van der Waals surface area (Å²) in [6.45, 7) is 15.8. The number of halogens is 1. The van der Waals surface area contributed by atoms with E-state index in [2.05, 4.69) is 17.0 Å². The van der Waals surface area contributed by atoms with Gasteiger partial charge in [-0.25, -0.2) is 9.24 Å². The Kier molecular flexibility index (Phi) is 5.02. The normalized spacial score (nSPS) is 11.8. The minimum Gasteiger partial charge on any atom is -0.456 e. The molecule has 0 aliphatic rings. The molecule has 0 spiro atoms. The number of benzene rings is 3. The lowest BCUT2D eigenvalue weighted by Gasteiger charge is -2.19. The van der Waals surface area contributed by atoms with Crippen molar-refractivity contribution in [3.05, 3.63) is 95.2 Å². The fourth-order valence-electron chi connectivity index (χ4n) is 4.73. The van der Waals surface area contributed by atoms with Gasteiger partial charge in [0, 0.05) is 28.0 Å². The molecule has 0 N–H and O–H groups in total. The van der Waals surface area contributed by atoms with Crippen molar-refractivity contribution in [2.45, 2.75) is 33.1 Å². The predicted molar refractivity (Wildman–Crippen MR) is 135 cm³/mol. The third kappa shape index (κ3) is 3.36. The third-order valence-electron chi connectivity index (χ3n) is 6.47. The van der Waals surface area contributed by atoms with Gasteiger partial charge in [-0.05, 0) is 23.5 Å². The Morgan fingerprint density at radius 3 is 2.21 bits per heavy atom. The maximum absolute atomic E-state index is 14.9. The molecule has 34 heavy (non-hydrogen) atoms. The first-order valence-electron chi connectivity index (χ1n) is 11.3. The Hall–Kier alpha value is -3.97. The van der Waals surface area contributed by atoms with Gasteiger partial charge in [-0.15, -0.1) is 0 Å². The van der Waals surface area contributed by atoms with Crippen LogP contribution in [0.2, 0.25) is 0 Å². The predicted octanol–water partition coefficient (Wildman–Crippen LogP) is 8.04. The van der Waals surface area contributed by atoms with E-state index in [9.17, 15) is 4.39 Å². The second-order valence-electron chi connectivity index (χ2n) is 9.83. The van der Waals surface area contributed by atoms with E-state index >= 15 is 0 Å². The summed E-state index contributed by atoms with van der Waals surface area (Å²) in [5.41, 5.74) is 6.93. The van der Waals surface area contributed by atoms with Gasteiger partial charge in [-0.3, -0.25) is 0 Å². The molecule has 5 aromatic rings. The minimum absolute atomic E-state index is 0.221. The number of furan rings is 1. The van der Waals surface area contributed by atoms with Gasteiger partial charge < -0.3 is 4.42 Å². The molecular weight excluding hydrogens is 423 g/mol. The fourth-order valence-corrected chi connectivity index (χ4v) is 4.73. The van der Waals surface area contributed by atoms with Gasteiger partial charge >= 0.3 is 0 Å². The number of pyridine rings is 1. The van der Waals surface area contributed by atoms with Crippen LogP contribution in [0.5, 0.6) is 0 Å². The molecule has 0 saturated heterocycles. The van der Waals surface area contributed by atoms with Crippen molar-refractivity contribution >= 4 is 27.6 Å². The van der Waals surface area contributed by atoms with E-state index < -0.39 is 0 Å². The van der Waals surface area contributed by atoms with Crippen LogP contribution in [0, 0.1) is 19.3 Å². The molecule has 3 nitrogen and oxygen atoms in total. The molecular formula is C30H26FN2O+. The van der Waals surface area contributed by atoms with Crippen molar-refractivity contribution in [2.75, 3.05) is 0 Å². The number of aryl methyl sites for hydroxylation is 2. The molecule has 2 aromatic heterocycles. The minimum atomic E-state index is -0.340. The van der Waals surface area contributed by atoms with E-state index in [1.165, 1.54) is 0 Å². The second-order valence-corrected chi connectivity index (χ2v) is 9.83. The van der Waals surface area contributed by atoms with Gasteiger partial charge in [0.05, 0.1) is 12.1 Å². The number of aromatic nitrogens is 1. The Morgan fingerprint density at radius 2 is 1.56 bits per heavy atom. The average Bonchev–Trinajstić information content (AvgIpc) is 3.17. The third-order valence-corrected chi connectivity index (χ3v) is 6.47. The molecule has 0 fully saturated rings. The molecule has 168 valence electrons. The van der Waals surface area contributed by atoms with E-state index in [4.69, 9.17) is 11.0 Å². The lowest BCUT2D eigenvalue weighted by Crippen LogP contribution is -2.33. The highest BCUT2D eigenvalue weighted by Crippen LogP contribution is 2.44. The Balaban J connectivity index is 1.90.